The van der Waals surface area contributed by atoms with Crippen molar-refractivity contribution in [3.8, 4) is 0 Å². The first kappa shape index (κ1) is 10.1. The van der Waals surface area contributed by atoms with Crippen LogP contribution in [0.3, 0.4) is 0 Å². The van der Waals surface area contributed by atoms with Crippen molar-refractivity contribution < 1.29 is 19.3 Å². The van der Waals surface area contributed by atoms with Gasteiger partial charge >= 0.3 is 5.97 Å². The van der Waals surface area contributed by atoms with E-state index in [4.69, 9.17) is 10.00 Å². The number of benzene rings is 1. The molecule has 1 atom stereocenters. The third-order valence-electron chi connectivity index (χ3n) is 1.51. The summed E-state index contributed by atoms with van der Waals surface area (Å²) in [6.45, 7) is -0.0585. The Morgan fingerprint density at radius 1 is 1.38 bits per heavy atom. The van der Waals surface area contributed by atoms with Gasteiger partial charge in [0.15, 0.2) is 0 Å². The molecular formula is C8H9O4P. The molecule has 0 fully saturated rings. The standard InChI is InChI=1S/C8H9O4P/c9-5-6-1-3-7(4-2-6)8(10)12-13-11/h1-4,9,11,13H,5H2. The molecule has 13 heavy (non-hydrogen) atoms. The van der Waals surface area contributed by atoms with Crippen LogP contribution in [0.4, 0.5) is 0 Å². The van der Waals surface area contributed by atoms with Gasteiger partial charge in [0.25, 0.3) is 0 Å². The van der Waals surface area contributed by atoms with Crippen LogP contribution in [-0.4, -0.2) is 16.0 Å². The van der Waals surface area contributed by atoms with E-state index in [2.05, 4.69) is 4.52 Å². The molecule has 4 nitrogen and oxygen atoms in total. The molecule has 0 saturated heterocycles. The molecule has 1 aromatic rings. The molecular weight excluding hydrogens is 191 g/mol. The van der Waals surface area contributed by atoms with Crippen LogP contribution in [-0.2, 0) is 11.1 Å². The van der Waals surface area contributed by atoms with Crippen molar-refractivity contribution in [3.63, 3.8) is 0 Å². The van der Waals surface area contributed by atoms with Crippen LogP contribution in [0.1, 0.15) is 15.9 Å². The molecule has 70 valence electrons. The Kier molecular flexibility index (Phi) is 3.83. The van der Waals surface area contributed by atoms with Gasteiger partial charge in [0.1, 0.15) is 0 Å². The first-order chi connectivity index (χ1) is 6.27. The number of hydrogen-bond donors (Lipinski definition) is 2. The lowest BCUT2D eigenvalue weighted by Gasteiger charge is -2.00. The zero-order valence-corrected chi connectivity index (χ0v) is 7.73. The van der Waals surface area contributed by atoms with Crippen molar-refractivity contribution in [1.82, 2.24) is 0 Å². The van der Waals surface area contributed by atoms with Crippen molar-refractivity contribution >= 4 is 15.0 Å². The minimum Gasteiger partial charge on any atom is -0.416 e. The van der Waals surface area contributed by atoms with E-state index in [0.717, 1.165) is 5.56 Å². The fraction of sp³-hybridized carbons (Fsp3) is 0.125. The van der Waals surface area contributed by atoms with Crippen LogP contribution < -0.4 is 0 Å². The summed E-state index contributed by atoms with van der Waals surface area (Å²) >= 11 is 0. The highest BCUT2D eigenvalue weighted by Gasteiger charge is 2.05. The molecule has 1 rings (SSSR count). The summed E-state index contributed by atoms with van der Waals surface area (Å²) in [5, 5.41) is 8.72. The van der Waals surface area contributed by atoms with E-state index < -0.39 is 15.0 Å². The van der Waals surface area contributed by atoms with Gasteiger partial charge in [-0.2, -0.15) is 0 Å². The van der Waals surface area contributed by atoms with Gasteiger partial charge in [0, 0.05) is 0 Å². The zero-order chi connectivity index (χ0) is 9.68. The molecule has 0 heterocycles. The van der Waals surface area contributed by atoms with E-state index in [0.29, 0.717) is 5.56 Å². The van der Waals surface area contributed by atoms with Crippen LogP contribution >= 0.6 is 9.03 Å². The topological polar surface area (TPSA) is 66.8 Å². The second kappa shape index (κ2) is 4.92. The highest BCUT2D eigenvalue weighted by atomic mass is 31.1. The van der Waals surface area contributed by atoms with Gasteiger partial charge in [-0.3, -0.25) is 0 Å². The van der Waals surface area contributed by atoms with Crippen LogP contribution in [0, 0.1) is 0 Å². The Morgan fingerprint density at radius 3 is 2.46 bits per heavy atom. The summed E-state index contributed by atoms with van der Waals surface area (Å²) in [6.07, 6.45) is 0. The molecule has 1 unspecified atom stereocenters. The zero-order valence-electron chi connectivity index (χ0n) is 6.73. The van der Waals surface area contributed by atoms with Gasteiger partial charge in [-0.05, 0) is 17.7 Å². The lowest BCUT2D eigenvalue weighted by atomic mass is 10.1. The van der Waals surface area contributed by atoms with Crippen LogP contribution in [0.2, 0.25) is 0 Å². The molecule has 0 aliphatic carbocycles. The molecule has 2 N–H and O–H groups in total. The lowest BCUT2D eigenvalue weighted by molar-refractivity contribution is 0.0747. The summed E-state index contributed by atoms with van der Waals surface area (Å²) in [4.78, 5) is 19.4. The minimum atomic E-state index is -0.838. The first-order valence-electron chi connectivity index (χ1n) is 3.58. The number of aliphatic hydroxyl groups excluding tert-OH is 1. The number of rotatable bonds is 3. The number of hydrogen-bond acceptors (Lipinski definition) is 4. The summed E-state index contributed by atoms with van der Waals surface area (Å²) in [5.74, 6) is -0.565. The normalized spacial score (nSPS) is 10.6. The molecule has 0 radical (unpaired) electrons. The van der Waals surface area contributed by atoms with Gasteiger partial charge in [0.05, 0.1) is 12.2 Å². The third kappa shape index (κ3) is 2.77. The molecule has 0 amide bonds. The largest absolute Gasteiger partial charge is 0.416 e. The Labute approximate surface area is 77.1 Å². The molecule has 1 aromatic carbocycles. The molecule has 0 aliphatic heterocycles. The van der Waals surface area contributed by atoms with Gasteiger partial charge in [0.2, 0.25) is 9.03 Å². The number of aliphatic hydroxyl groups is 1. The number of carbonyl (C=O) groups is 1. The van der Waals surface area contributed by atoms with E-state index in [1.54, 1.807) is 12.1 Å². The average Bonchev–Trinajstić information content (AvgIpc) is 2.18. The van der Waals surface area contributed by atoms with Crippen LogP contribution in [0.15, 0.2) is 24.3 Å². The molecule has 5 heteroatoms. The van der Waals surface area contributed by atoms with Crippen molar-refractivity contribution in [2.45, 2.75) is 6.61 Å². The smallest absolute Gasteiger partial charge is 0.342 e. The Balaban J connectivity index is 2.74. The summed E-state index contributed by atoms with van der Waals surface area (Å²) < 4.78 is 4.38. The predicted molar refractivity (Wildman–Crippen MR) is 48.3 cm³/mol. The van der Waals surface area contributed by atoms with E-state index >= 15 is 0 Å². The molecule has 0 spiro atoms. The summed E-state index contributed by atoms with van der Waals surface area (Å²) in [5.41, 5.74) is 1.08. The van der Waals surface area contributed by atoms with E-state index in [-0.39, 0.29) is 6.61 Å². The SMILES string of the molecule is O=C(OPO)c1ccc(CO)cc1. The second-order valence-corrected chi connectivity index (χ2v) is 2.72. The first-order valence-corrected chi connectivity index (χ1v) is 4.43. The van der Waals surface area contributed by atoms with E-state index in [1.165, 1.54) is 12.1 Å². The van der Waals surface area contributed by atoms with Crippen molar-refractivity contribution in [3.05, 3.63) is 35.4 Å². The van der Waals surface area contributed by atoms with Gasteiger partial charge in [-0.1, -0.05) is 12.1 Å². The molecule has 0 aliphatic rings. The van der Waals surface area contributed by atoms with E-state index in [9.17, 15) is 4.79 Å². The fourth-order valence-electron chi connectivity index (χ4n) is 0.847. The predicted octanol–water partition coefficient (Wildman–Crippen LogP) is 0.837. The average molecular weight is 200 g/mol. The van der Waals surface area contributed by atoms with E-state index in [1.807, 2.05) is 0 Å². The summed E-state index contributed by atoms with van der Waals surface area (Å²) in [7, 11) is -0.838. The third-order valence-corrected chi connectivity index (χ3v) is 1.79. The summed E-state index contributed by atoms with van der Waals surface area (Å²) in [6, 6.07) is 6.32. The Morgan fingerprint density at radius 2 is 2.00 bits per heavy atom. The molecule has 0 aromatic heterocycles. The fourth-order valence-corrected chi connectivity index (χ4v) is 1.05. The van der Waals surface area contributed by atoms with Crippen molar-refractivity contribution in [2.75, 3.05) is 0 Å². The molecule has 0 saturated carbocycles. The maximum Gasteiger partial charge on any atom is 0.342 e. The molecule has 0 bridgehead atoms. The van der Waals surface area contributed by atoms with Crippen molar-refractivity contribution in [1.29, 1.82) is 0 Å². The Hall–Kier alpha value is -0.960. The minimum absolute atomic E-state index is 0.0585. The van der Waals surface area contributed by atoms with Crippen LogP contribution in [0.5, 0.6) is 0 Å². The van der Waals surface area contributed by atoms with Crippen molar-refractivity contribution in [2.24, 2.45) is 0 Å². The lowest BCUT2D eigenvalue weighted by Crippen LogP contribution is -1.98. The highest BCUT2D eigenvalue weighted by molar-refractivity contribution is 7.25. The van der Waals surface area contributed by atoms with Crippen LogP contribution in [0.25, 0.3) is 0 Å². The highest BCUT2D eigenvalue weighted by Crippen LogP contribution is 2.11. The quantitative estimate of drug-likeness (QED) is 0.709. The van der Waals surface area contributed by atoms with Gasteiger partial charge < -0.3 is 14.5 Å². The Bertz CT molecular complexity index is 283. The number of carbonyl (C=O) groups excluding carboxylic acids is 1. The van der Waals surface area contributed by atoms with Gasteiger partial charge in [-0.15, -0.1) is 0 Å². The maximum atomic E-state index is 11.0. The maximum absolute atomic E-state index is 11.0. The second-order valence-electron chi connectivity index (χ2n) is 2.34. The van der Waals surface area contributed by atoms with Gasteiger partial charge in [-0.25, -0.2) is 4.79 Å². The monoisotopic (exact) mass is 200 g/mol.